The molecule has 1 fully saturated rings. The van der Waals surface area contributed by atoms with Crippen LogP contribution in [0.2, 0.25) is 0 Å². The quantitative estimate of drug-likeness (QED) is 0.639. The van der Waals surface area contributed by atoms with Crippen LogP contribution in [0.3, 0.4) is 0 Å². The number of ether oxygens (including phenoxy) is 1. The van der Waals surface area contributed by atoms with Gasteiger partial charge in [-0.15, -0.1) is 0 Å². The Morgan fingerprint density at radius 2 is 2.08 bits per heavy atom. The number of hydrogen-bond donors (Lipinski definition) is 1. The highest BCUT2D eigenvalue weighted by Crippen LogP contribution is 2.31. The van der Waals surface area contributed by atoms with Gasteiger partial charge in [0.1, 0.15) is 0 Å². The van der Waals surface area contributed by atoms with Crippen molar-refractivity contribution in [3.8, 4) is 0 Å². The van der Waals surface area contributed by atoms with E-state index < -0.39 is 0 Å². The molecule has 0 aromatic heterocycles. The topological polar surface area (TPSA) is 21.3 Å². The van der Waals surface area contributed by atoms with Crippen LogP contribution in [0.25, 0.3) is 0 Å². The van der Waals surface area contributed by atoms with Crippen LogP contribution in [0.15, 0.2) is 0 Å². The van der Waals surface area contributed by atoms with Gasteiger partial charge in [0, 0.05) is 13.2 Å². The zero-order valence-electron chi connectivity index (χ0n) is 9.01. The highest BCUT2D eigenvalue weighted by atomic mass is 16.5. The predicted octanol–water partition coefficient (Wildman–Crippen LogP) is 2.05. The lowest BCUT2D eigenvalue weighted by molar-refractivity contribution is 0.0863. The summed E-state index contributed by atoms with van der Waals surface area (Å²) in [5.41, 5.74) is 0. The van der Waals surface area contributed by atoms with Crippen LogP contribution in [0.5, 0.6) is 0 Å². The standard InChI is InChI=1S/C11H23NO/c1-3-7-13-9-11-6-4-5-10(11)8-12-2/h10-12H,3-9H2,1-2H3. The molecule has 1 saturated carbocycles. The van der Waals surface area contributed by atoms with E-state index in [0.717, 1.165) is 31.5 Å². The Kier molecular flexibility index (Phi) is 5.40. The summed E-state index contributed by atoms with van der Waals surface area (Å²) in [6.07, 6.45) is 5.30. The van der Waals surface area contributed by atoms with Gasteiger partial charge in [-0.2, -0.15) is 0 Å². The molecule has 0 aliphatic heterocycles. The van der Waals surface area contributed by atoms with Crippen molar-refractivity contribution in [2.24, 2.45) is 11.8 Å². The van der Waals surface area contributed by atoms with Crippen molar-refractivity contribution in [3.05, 3.63) is 0 Å². The summed E-state index contributed by atoms with van der Waals surface area (Å²) < 4.78 is 5.62. The van der Waals surface area contributed by atoms with Crippen LogP contribution >= 0.6 is 0 Å². The molecule has 0 spiro atoms. The minimum absolute atomic E-state index is 0.819. The van der Waals surface area contributed by atoms with E-state index in [1.807, 2.05) is 7.05 Å². The van der Waals surface area contributed by atoms with Crippen LogP contribution in [-0.4, -0.2) is 26.8 Å². The van der Waals surface area contributed by atoms with Gasteiger partial charge in [-0.25, -0.2) is 0 Å². The summed E-state index contributed by atoms with van der Waals surface area (Å²) in [5, 5.41) is 3.27. The molecule has 1 rings (SSSR count). The largest absolute Gasteiger partial charge is 0.381 e. The molecule has 78 valence electrons. The minimum atomic E-state index is 0.819. The van der Waals surface area contributed by atoms with Gasteiger partial charge < -0.3 is 10.1 Å². The molecule has 0 radical (unpaired) electrons. The first-order valence-electron chi connectivity index (χ1n) is 5.60. The maximum absolute atomic E-state index is 5.62. The summed E-state index contributed by atoms with van der Waals surface area (Å²) in [6.45, 7) is 5.25. The smallest absolute Gasteiger partial charge is 0.0497 e. The monoisotopic (exact) mass is 185 g/mol. The van der Waals surface area contributed by atoms with E-state index in [2.05, 4.69) is 12.2 Å². The molecule has 1 aliphatic carbocycles. The van der Waals surface area contributed by atoms with Gasteiger partial charge in [0.15, 0.2) is 0 Å². The SMILES string of the molecule is CCCOCC1CCCC1CNC. The molecule has 13 heavy (non-hydrogen) atoms. The Bertz CT molecular complexity index is 127. The van der Waals surface area contributed by atoms with Crippen molar-refractivity contribution in [1.29, 1.82) is 0 Å². The van der Waals surface area contributed by atoms with Crippen LogP contribution in [0, 0.1) is 11.8 Å². The van der Waals surface area contributed by atoms with Crippen LogP contribution < -0.4 is 5.32 Å². The van der Waals surface area contributed by atoms with E-state index in [1.165, 1.54) is 25.8 Å². The van der Waals surface area contributed by atoms with E-state index in [9.17, 15) is 0 Å². The lowest BCUT2D eigenvalue weighted by Crippen LogP contribution is -2.24. The molecule has 1 N–H and O–H groups in total. The van der Waals surface area contributed by atoms with Gasteiger partial charge in [0.25, 0.3) is 0 Å². The van der Waals surface area contributed by atoms with E-state index in [-0.39, 0.29) is 0 Å². The third kappa shape index (κ3) is 3.65. The van der Waals surface area contributed by atoms with Crippen molar-refractivity contribution in [1.82, 2.24) is 5.32 Å². The summed E-state index contributed by atoms with van der Waals surface area (Å²) in [4.78, 5) is 0. The maximum atomic E-state index is 5.62. The Balaban J connectivity index is 2.15. The van der Waals surface area contributed by atoms with Crippen molar-refractivity contribution in [2.75, 3.05) is 26.8 Å². The van der Waals surface area contributed by atoms with Crippen molar-refractivity contribution >= 4 is 0 Å². The number of hydrogen-bond acceptors (Lipinski definition) is 2. The number of rotatable bonds is 6. The molecule has 0 heterocycles. The second-order valence-corrected chi connectivity index (χ2v) is 4.08. The normalized spacial score (nSPS) is 28.2. The predicted molar refractivity (Wildman–Crippen MR) is 55.9 cm³/mol. The van der Waals surface area contributed by atoms with Crippen LogP contribution in [-0.2, 0) is 4.74 Å². The Morgan fingerprint density at radius 3 is 2.77 bits per heavy atom. The first kappa shape index (κ1) is 11.0. The fourth-order valence-electron chi connectivity index (χ4n) is 2.24. The molecular formula is C11H23NO. The van der Waals surface area contributed by atoms with E-state index in [0.29, 0.717) is 0 Å². The van der Waals surface area contributed by atoms with Crippen molar-refractivity contribution in [3.63, 3.8) is 0 Å². The summed E-state index contributed by atoms with van der Waals surface area (Å²) in [5.74, 6) is 1.68. The van der Waals surface area contributed by atoms with Crippen molar-refractivity contribution in [2.45, 2.75) is 32.6 Å². The molecule has 2 atom stereocenters. The molecule has 2 heteroatoms. The zero-order chi connectivity index (χ0) is 9.52. The molecule has 0 amide bonds. The Morgan fingerprint density at radius 1 is 1.31 bits per heavy atom. The molecule has 2 nitrogen and oxygen atoms in total. The van der Waals surface area contributed by atoms with Gasteiger partial charge >= 0.3 is 0 Å². The molecule has 0 aromatic rings. The molecule has 0 bridgehead atoms. The van der Waals surface area contributed by atoms with Gasteiger partial charge in [0.05, 0.1) is 0 Å². The summed E-state index contributed by atoms with van der Waals surface area (Å²) in [7, 11) is 2.04. The van der Waals surface area contributed by atoms with E-state index in [1.54, 1.807) is 0 Å². The highest BCUT2D eigenvalue weighted by molar-refractivity contribution is 4.78. The Hall–Kier alpha value is -0.0800. The zero-order valence-corrected chi connectivity index (χ0v) is 9.01. The first-order valence-corrected chi connectivity index (χ1v) is 5.60. The van der Waals surface area contributed by atoms with Gasteiger partial charge in [0.2, 0.25) is 0 Å². The molecule has 2 unspecified atom stereocenters. The second-order valence-electron chi connectivity index (χ2n) is 4.08. The second kappa shape index (κ2) is 6.39. The fourth-order valence-corrected chi connectivity index (χ4v) is 2.24. The summed E-state index contributed by atoms with van der Waals surface area (Å²) >= 11 is 0. The maximum Gasteiger partial charge on any atom is 0.0497 e. The third-order valence-electron chi connectivity index (χ3n) is 2.96. The highest BCUT2D eigenvalue weighted by Gasteiger charge is 2.26. The van der Waals surface area contributed by atoms with Crippen LogP contribution in [0.1, 0.15) is 32.6 Å². The fraction of sp³-hybridized carbons (Fsp3) is 1.00. The molecular weight excluding hydrogens is 162 g/mol. The number of nitrogens with one attached hydrogen (secondary N) is 1. The first-order chi connectivity index (χ1) is 6.38. The van der Waals surface area contributed by atoms with Crippen molar-refractivity contribution < 1.29 is 4.74 Å². The van der Waals surface area contributed by atoms with Gasteiger partial charge in [-0.3, -0.25) is 0 Å². The molecule has 0 aromatic carbocycles. The Labute approximate surface area is 82.0 Å². The van der Waals surface area contributed by atoms with Gasteiger partial charge in [-0.05, 0) is 44.7 Å². The molecule has 0 saturated heterocycles. The van der Waals surface area contributed by atoms with E-state index >= 15 is 0 Å². The lowest BCUT2D eigenvalue weighted by atomic mass is 9.97. The summed E-state index contributed by atoms with van der Waals surface area (Å²) in [6, 6.07) is 0. The third-order valence-corrected chi connectivity index (χ3v) is 2.96. The minimum Gasteiger partial charge on any atom is -0.381 e. The lowest BCUT2D eigenvalue weighted by Gasteiger charge is -2.18. The van der Waals surface area contributed by atoms with Crippen LogP contribution in [0.4, 0.5) is 0 Å². The average molecular weight is 185 g/mol. The molecule has 1 aliphatic rings. The average Bonchev–Trinajstić information content (AvgIpc) is 2.54. The van der Waals surface area contributed by atoms with E-state index in [4.69, 9.17) is 4.74 Å². The van der Waals surface area contributed by atoms with Gasteiger partial charge in [-0.1, -0.05) is 13.3 Å².